The summed E-state index contributed by atoms with van der Waals surface area (Å²) in [4.78, 5) is 20.9. The Hall–Kier alpha value is -3.47. The molecule has 0 radical (unpaired) electrons. The van der Waals surface area contributed by atoms with Crippen molar-refractivity contribution in [1.29, 1.82) is 0 Å². The summed E-state index contributed by atoms with van der Waals surface area (Å²) in [5.74, 6) is -1.08. The molecule has 4 aromatic rings. The minimum atomic E-state index is -3.97. The van der Waals surface area contributed by atoms with Gasteiger partial charge in [0.25, 0.3) is 10.0 Å². The maximum absolute atomic E-state index is 13.8. The van der Waals surface area contributed by atoms with Crippen LogP contribution in [0.15, 0.2) is 89.0 Å². The molecule has 1 N–H and O–H groups in total. The lowest BCUT2D eigenvalue weighted by Crippen LogP contribution is -2.34. The van der Waals surface area contributed by atoms with Crippen LogP contribution in [0.25, 0.3) is 11.3 Å². The van der Waals surface area contributed by atoms with E-state index in [9.17, 15) is 17.6 Å². The van der Waals surface area contributed by atoms with E-state index in [0.717, 1.165) is 17.3 Å². The van der Waals surface area contributed by atoms with Crippen molar-refractivity contribution >= 4 is 50.7 Å². The Morgan fingerprint density at radius 3 is 2.58 bits per heavy atom. The van der Waals surface area contributed by atoms with Crippen molar-refractivity contribution in [2.45, 2.75) is 16.6 Å². The van der Waals surface area contributed by atoms with Gasteiger partial charge in [-0.05, 0) is 35.9 Å². The largest absolute Gasteiger partial charge is 0.323 e. The Bertz CT molecular complexity index is 1570. The molecule has 1 aromatic heterocycles. The average Bonchev–Trinajstić information content (AvgIpc) is 2.87. The number of halogens is 2. The van der Waals surface area contributed by atoms with Crippen LogP contribution in [0.4, 0.5) is 15.8 Å². The van der Waals surface area contributed by atoms with Crippen LogP contribution in [-0.2, 0) is 21.4 Å². The summed E-state index contributed by atoms with van der Waals surface area (Å²) in [5.41, 5.74) is 2.09. The van der Waals surface area contributed by atoms with Crippen molar-refractivity contribution in [3.63, 3.8) is 0 Å². The standard InChI is InChI=1S/C25H18ClFN4O3S2/c26-17-10-11-21-18(12-17)24-22(36(33,34)31(21)14-16-6-2-1-3-7-16)13-28-25(30-24)35-15-23(32)29-20-9-5-4-8-19(20)27/h1-13H,14-15H2,(H,29,32). The van der Waals surface area contributed by atoms with Crippen LogP contribution in [0.1, 0.15) is 5.56 Å². The van der Waals surface area contributed by atoms with Crippen LogP contribution < -0.4 is 9.62 Å². The molecule has 182 valence electrons. The SMILES string of the molecule is O=C(CSc1ncc2c(n1)-c1cc(Cl)ccc1N(Cc1ccccc1)S2(=O)=O)Nc1ccccc1F. The number of carbonyl (C=O) groups excluding carboxylic acids is 1. The lowest BCUT2D eigenvalue weighted by molar-refractivity contribution is -0.113. The van der Waals surface area contributed by atoms with Crippen molar-refractivity contribution in [2.24, 2.45) is 0 Å². The first kappa shape index (κ1) is 24.2. The number of thioether (sulfide) groups is 1. The van der Waals surface area contributed by atoms with Gasteiger partial charge >= 0.3 is 0 Å². The number of fused-ring (bicyclic) bond motifs is 3. The van der Waals surface area contributed by atoms with E-state index in [2.05, 4.69) is 15.3 Å². The summed E-state index contributed by atoms with van der Waals surface area (Å²) in [6.45, 7) is 0.129. The molecule has 0 saturated carbocycles. The van der Waals surface area contributed by atoms with E-state index in [0.29, 0.717) is 16.3 Å². The van der Waals surface area contributed by atoms with E-state index < -0.39 is 21.7 Å². The highest BCUT2D eigenvalue weighted by atomic mass is 35.5. The van der Waals surface area contributed by atoms with E-state index in [-0.39, 0.29) is 33.7 Å². The number of benzene rings is 3. The number of sulfonamides is 1. The van der Waals surface area contributed by atoms with E-state index >= 15 is 0 Å². The number of rotatable bonds is 6. The van der Waals surface area contributed by atoms with Gasteiger partial charge in [-0.3, -0.25) is 9.10 Å². The average molecular weight is 541 g/mol. The topological polar surface area (TPSA) is 92.3 Å². The van der Waals surface area contributed by atoms with E-state index in [1.54, 1.807) is 24.3 Å². The molecule has 2 heterocycles. The molecule has 0 atom stereocenters. The lowest BCUT2D eigenvalue weighted by atomic mass is 10.1. The predicted octanol–water partition coefficient (Wildman–Crippen LogP) is 5.38. The van der Waals surface area contributed by atoms with Gasteiger partial charge in [0.05, 0.1) is 35.6 Å². The zero-order valence-electron chi connectivity index (χ0n) is 18.6. The fourth-order valence-corrected chi connectivity index (χ4v) is 6.12. The Morgan fingerprint density at radius 1 is 1.06 bits per heavy atom. The van der Waals surface area contributed by atoms with Gasteiger partial charge in [0.1, 0.15) is 10.7 Å². The highest BCUT2D eigenvalue weighted by molar-refractivity contribution is 7.99. The third kappa shape index (κ3) is 4.79. The Kier molecular flexibility index (Phi) is 6.65. The highest BCUT2D eigenvalue weighted by Crippen LogP contribution is 2.44. The molecule has 7 nitrogen and oxygen atoms in total. The first-order chi connectivity index (χ1) is 17.3. The van der Waals surface area contributed by atoms with Crippen LogP contribution >= 0.6 is 23.4 Å². The molecule has 0 fully saturated rings. The molecule has 0 unspecified atom stereocenters. The smallest absolute Gasteiger partial charge is 0.268 e. The number of carbonyl (C=O) groups is 1. The third-order valence-electron chi connectivity index (χ3n) is 5.43. The maximum atomic E-state index is 13.8. The molecule has 5 rings (SSSR count). The molecule has 0 spiro atoms. The molecule has 11 heteroatoms. The molecule has 3 aromatic carbocycles. The number of anilines is 2. The summed E-state index contributed by atoms with van der Waals surface area (Å²) in [6, 6.07) is 20.0. The minimum absolute atomic E-state index is 0.0478. The van der Waals surface area contributed by atoms with Gasteiger partial charge in [0, 0.05) is 10.6 Å². The van der Waals surface area contributed by atoms with Crippen molar-refractivity contribution < 1.29 is 17.6 Å². The molecular formula is C25H18ClFN4O3S2. The van der Waals surface area contributed by atoms with Gasteiger partial charge in [-0.2, -0.15) is 0 Å². The second-order valence-corrected chi connectivity index (χ2v) is 11.1. The summed E-state index contributed by atoms with van der Waals surface area (Å²) >= 11 is 7.27. The van der Waals surface area contributed by atoms with Crippen LogP contribution in [0, 0.1) is 5.82 Å². The van der Waals surface area contributed by atoms with Crippen molar-refractivity contribution in [1.82, 2.24) is 9.97 Å². The summed E-state index contributed by atoms with van der Waals surface area (Å²) in [5, 5.41) is 3.13. The van der Waals surface area contributed by atoms with E-state index in [1.807, 2.05) is 30.3 Å². The number of aromatic nitrogens is 2. The van der Waals surface area contributed by atoms with Gasteiger partial charge in [0.2, 0.25) is 5.91 Å². The number of amides is 1. The van der Waals surface area contributed by atoms with Gasteiger partial charge in [-0.1, -0.05) is 65.8 Å². The summed E-state index contributed by atoms with van der Waals surface area (Å²) < 4.78 is 42.3. The molecule has 1 aliphatic rings. The molecule has 1 amide bonds. The molecule has 0 aliphatic carbocycles. The van der Waals surface area contributed by atoms with E-state index in [1.165, 1.54) is 28.7 Å². The first-order valence-electron chi connectivity index (χ1n) is 10.7. The quantitative estimate of drug-likeness (QED) is 0.261. The Balaban J connectivity index is 1.44. The maximum Gasteiger partial charge on any atom is 0.268 e. The predicted molar refractivity (Wildman–Crippen MR) is 138 cm³/mol. The van der Waals surface area contributed by atoms with Crippen molar-refractivity contribution in [3.05, 3.63) is 95.4 Å². The van der Waals surface area contributed by atoms with Crippen LogP contribution in [0.2, 0.25) is 5.02 Å². The monoisotopic (exact) mass is 540 g/mol. The number of para-hydroxylation sites is 1. The Labute approximate surface area is 216 Å². The van der Waals surface area contributed by atoms with Crippen LogP contribution in [0.3, 0.4) is 0 Å². The normalized spacial score (nSPS) is 13.6. The number of hydrogen-bond donors (Lipinski definition) is 1. The molecular weight excluding hydrogens is 523 g/mol. The van der Waals surface area contributed by atoms with Gasteiger partial charge < -0.3 is 5.32 Å². The van der Waals surface area contributed by atoms with Gasteiger partial charge in [-0.15, -0.1) is 0 Å². The van der Waals surface area contributed by atoms with Gasteiger partial charge in [0.15, 0.2) is 5.16 Å². The second kappa shape index (κ2) is 9.88. The van der Waals surface area contributed by atoms with Crippen molar-refractivity contribution in [3.8, 4) is 11.3 Å². The van der Waals surface area contributed by atoms with Crippen LogP contribution in [-0.4, -0.2) is 30.0 Å². The van der Waals surface area contributed by atoms with Crippen LogP contribution in [0.5, 0.6) is 0 Å². The second-order valence-electron chi connectivity index (χ2n) is 7.84. The molecule has 36 heavy (non-hydrogen) atoms. The number of nitrogens with one attached hydrogen (secondary N) is 1. The fraction of sp³-hybridized carbons (Fsp3) is 0.0800. The third-order valence-corrected chi connectivity index (χ3v) is 8.29. The lowest BCUT2D eigenvalue weighted by Gasteiger charge is -2.31. The fourth-order valence-electron chi connectivity index (χ4n) is 3.77. The van der Waals surface area contributed by atoms with Gasteiger partial charge in [-0.25, -0.2) is 22.8 Å². The number of nitrogens with zero attached hydrogens (tertiary/aromatic N) is 3. The van der Waals surface area contributed by atoms with Crippen molar-refractivity contribution in [2.75, 3.05) is 15.4 Å². The first-order valence-corrected chi connectivity index (χ1v) is 13.5. The summed E-state index contributed by atoms with van der Waals surface area (Å²) in [7, 11) is -3.97. The molecule has 1 aliphatic heterocycles. The highest BCUT2D eigenvalue weighted by Gasteiger charge is 2.37. The molecule has 0 saturated heterocycles. The number of hydrogen-bond acceptors (Lipinski definition) is 6. The minimum Gasteiger partial charge on any atom is -0.323 e. The zero-order valence-corrected chi connectivity index (χ0v) is 20.9. The Morgan fingerprint density at radius 2 is 1.81 bits per heavy atom. The summed E-state index contributed by atoms with van der Waals surface area (Å²) in [6.07, 6.45) is 1.25. The van der Waals surface area contributed by atoms with E-state index in [4.69, 9.17) is 11.6 Å². The molecule has 0 bridgehead atoms. The zero-order chi connectivity index (χ0) is 25.3.